The monoisotopic (exact) mass is 199 g/mol. The molecule has 1 aliphatic rings. The quantitative estimate of drug-likeness (QED) is 0.735. The van der Waals surface area contributed by atoms with Crippen LogP contribution in [0.1, 0.15) is 23.0 Å². The molecule has 3 heteroatoms. The Morgan fingerprint density at radius 1 is 1.20 bits per heavy atom. The Morgan fingerprint density at radius 2 is 2.07 bits per heavy atom. The lowest BCUT2D eigenvalue weighted by atomic mass is 9.96. The molecular formula is C12H13N3. The second-order valence-electron chi connectivity index (χ2n) is 3.88. The summed E-state index contributed by atoms with van der Waals surface area (Å²) in [5.41, 5.74) is 2.83. The number of imidazole rings is 1. The Bertz CT molecular complexity index is 448. The Hall–Kier alpha value is -1.61. The summed E-state index contributed by atoms with van der Waals surface area (Å²) in [5, 5.41) is 3.48. The standard InChI is InChI=1S/C12H13N3/c1-2-4-10-8-15-11(7-9(10)3-1)12-13-5-6-14-12/h1-6,11,15H,7-8H2,(H,13,14)/t11-/m1/s1. The molecule has 1 aliphatic heterocycles. The first kappa shape index (κ1) is 8.68. The second-order valence-corrected chi connectivity index (χ2v) is 3.88. The Morgan fingerprint density at radius 3 is 2.87 bits per heavy atom. The Kier molecular flexibility index (Phi) is 2.03. The summed E-state index contributed by atoms with van der Waals surface area (Å²) in [4.78, 5) is 7.46. The summed E-state index contributed by atoms with van der Waals surface area (Å²) >= 11 is 0. The molecule has 2 N–H and O–H groups in total. The largest absolute Gasteiger partial charge is 0.347 e. The van der Waals surface area contributed by atoms with Crippen molar-refractivity contribution in [2.75, 3.05) is 0 Å². The van der Waals surface area contributed by atoms with Gasteiger partial charge in [0.1, 0.15) is 5.82 Å². The molecule has 2 heterocycles. The lowest BCUT2D eigenvalue weighted by molar-refractivity contribution is 0.480. The molecule has 2 aromatic rings. The van der Waals surface area contributed by atoms with Crippen LogP contribution in [-0.4, -0.2) is 9.97 Å². The van der Waals surface area contributed by atoms with Crippen LogP contribution >= 0.6 is 0 Å². The number of nitrogens with one attached hydrogen (secondary N) is 2. The van der Waals surface area contributed by atoms with Gasteiger partial charge in [-0.15, -0.1) is 0 Å². The zero-order valence-corrected chi connectivity index (χ0v) is 8.40. The molecule has 76 valence electrons. The number of rotatable bonds is 1. The van der Waals surface area contributed by atoms with Gasteiger partial charge in [-0.3, -0.25) is 0 Å². The molecule has 0 amide bonds. The van der Waals surface area contributed by atoms with Gasteiger partial charge in [-0.1, -0.05) is 24.3 Å². The van der Waals surface area contributed by atoms with Crippen molar-refractivity contribution in [1.29, 1.82) is 0 Å². The summed E-state index contributed by atoms with van der Waals surface area (Å²) in [6.45, 7) is 0.932. The van der Waals surface area contributed by atoms with Gasteiger partial charge >= 0.3 is 0 Å². The van der Waals surface area contributed by atoms with E-state index in [4.69, 9.17) is 0 Å². The average molecular weight is 199 g/mol. The first-order valence-electron chi connectivity index (χ1n) is 5.23. The topological polar surface area (TPSA) is 40.7 Å². The molecule has 1 aromatic carbocycles. The summed E-state index contributed by atoms with van der Waals surface area (Å²) in [5.74, 6) is 1.03. The van der Waals surface area contributed by atoms with Crippen molar-refractivity contribution in [3.8, 4) is 0 Å². The van der Waals surface area contributed by atoms with E-state index in [0.717, 1.165) is 18.8 Å². The van der Waals surface area contributed by atoms with E-state index in [1.807, 2.05) is 6.20 Å². The first-order chi connectivity index (χ1) is 7.43. The molecule has 0 fully saturated rings. The highest BCUT2D eigenvalue weighted by Gasteiger charge is 2.20. The minimum Gasteiger partial charge on any atom is -0.347 e. The van der Waals surface area contributed by atoms with Gasteiger partial charge < -0.3 is 10.3 Å². The van der Waals surface area contributed by atoms with Gasteiger partial charge in [0.2, 0.25) is 0 Å². The van der Waals surface area contributed by atoms with Crippen LogP contribution in [0.3, 0.4) is 0 Å². The van der Waals surface area contributed by atoms with E-state index in [2.05, 4.69) is 39.6 Å². The van der Waals surface area contributed by atoms with E-state index in [1.54, 1.807) is 6.20 Å². The highest BCUT2D eigenvalue weighted by Crippen LogP contribution is 2.23. The average Bonchev–Trinajstić information content (AvgIpc) is 2.82. The number of hydrogen-bond donors (Lipinski definition) is 2. The van der Waals surface area contributed by atoms with Crippen LogP contribution in [0.5, 0.6) is 0 Å². The van der Waals surface area contributed by atoms with Gasteiger partial charge in [-0.25, -0.2) is 4.98 Å². The number of hydrogen-bond acceptors (Lipinski definition) is 2. The zero-order chi connectivity index (χ0) is 10.1. The van der Waals surface area contributed by atoms with Gasteiger partial charge in [0.05, 0.1) is 6.04 Å². The maximum atomic E-state index is 4.29. The summed E-state index contributed by atoms with van der Waals surface area (Å²) < 4.78 is 0. The van der Waals surface area contributed by atoms with Gasteiger partial charge in [0.25, 0.3) is 0 Å². The van der Waals surface area contributed by atoms with Crippen molar-refractivity contribution in [3.05, 3.63) is 53.6 Å². The van der Waals surface area contributed by atoms with Crippen LogP contribution in [0.4, 0.5) is 0 Å². The fraction of sp³-hybridized carbons (Fsp3) is 0.250. The number of H-pyrrole nitrogens is 1. The van der Waals surface area contributed by atoms with Crippen molar-refractivity contribution in [2.24, 2.45) is 0 Å². The van der Waals surface area contributed by atoms with Crippen molar-refractivity contribution in [2.45, 2.75) is 19.0 Å². The maximum absolute atomic E-state index is 4.29. The number of fused-ring (bicyclic) bond motifs is 1. The van der Waals surface area contributed by atoms with Crippen molar-refractivity contribution < 1.29 is 0 Å². The molecular weight excluding hydrogens is 186 g/mol. The van der Waals surface area contributed by atoms with Crippen LogP contribution in [0.15, 0.2) is 36.7 Å². The molecule has 0 unspecified atom stereocenters. The predicted octanol–water partition coefficient (Wildman–Crippen LogP) is 1.80. The molecule has 0 saturated heterocycles. The van der Waals surface area contributed by atoms with E-state index in [9.17, 15) is 0 Å². The summed E-state index contributed by atoms with van der Waals surface area (Å²) in [6.07, 6.45) is 4.69. The summed E-state index contributed by atoms with van der Waals surface area (Å²) in [6, 6.07) is 8.90. The molecule has 0 bridgehead atoms. The predicted molar refractivity (Wildman–Crippen MR) is 58.3 cm³/mol. The smallest absolute Gasteiger partial charge is 0.123 e. The fourth-order valence-corrected chi connectivity index (χ4v) is 2.12. The van der Waals surface area contributed by atoms with Crippen molar-refractivity contribution in [3.63, 3.8) is 0 Å². The maximum Gasteiger partial charge on any atom is 0.123 e. The number of aromatic nitrogens is 2. The van der Waals surface area contributed by atoms with Gasteiger partial charge in [0, 0.05) is 18.9 Å². The van der Waals surface area contributed by atoms with Crippen LogP contribution in [0, 0.1) is 0 Å². The van der Waals surface area contributed by atoms with Gasteiger partial charge in [-0.2, -0.15) is 0 Å². The molecule has 1 atom stereocenters. The second kappa shape index (κ2) is 3.51. The normalized spacial score (nSPS) is 19.9. The molecule has 0 radical (unpaired) electrons. The third-order valence-electron chi connectivity index (χ3n) is 2.93. The highest BCUT2D eigenvalue weighted by molar-refractivity contribution is 5.30. The zero-order valence-electron chi connectivity index (χ0n) is 8.40. The Balaban J connectivity index is 1.89. The number of nitrogens with zero attached hydrogens (tertiary/aromatic N) is 1. The lowest BCUT2D eigenvalue weighted by Crippen LogP contribution is -2.29. The van der Waals surface area contributed by atoms with Crippen molar-refractivity contribution in [1.82, 2.24) is 15.3 Å². The Labute approximate surface area is 88.6 Å². The molecule has 0 spiro atoms. The fourth-order valence-electron chi connectivity index (χ4n) is 2.12. The molecule has 15 heavy (non-hydrogen) atoms. The minimum atomic E-state index is 0.329. The molecule has 0 aliphatic carbocycles. The highest BCUT2D eigenvalue weighted by atomic mass is 15.0. The third-order valence-corrected chi connectivity index (χ3v) is 2.93. The lowest BCUT2D eigenvalue weighted by Gasteiger charge is -2.24. The van der Waals surface area contributed by atoms with Gasteiger partial charge in [0.15, 0.2) is 0 Å². The van der Waals surface area contributed by atoms with E-state index in [-0.39, 0.29) is 0 Å². The van der Waals surface area contributed by atoms with Crippen molar-refractivity contribution >= 4 is 0 Å². The van der Waals surface area contributed by atoms with E-state index < -0.39 is 0 Å². The molecule has 3 nitrogen and oxygen atoms in total. The van der Waals surface area contributed by atoms with Crippen LogP contribution in [0.25, 0.3) is 0 Å². The summed E-state index contributed by atoms with van der Waals surface area (Å²) in [7, 11) is 0. The van der Waals surface area contributed by atoms with E-state index in [0.29, 0.717) is 6.04 Å². The van der Waals surface area contributed by atoms with E-state index >= 15 is 0 Å². The SMILES string of the molecule is c1ccc2c(c1)CN[C@@H](c1ncc[nH]1)C2. The third kappa shape index (κ3) is 1.55. The minimum absolute atomic E-state index is 0.329. The van der Waals surface area contributed by atoms with Crippen LogP contribution in [-0.2, 0) is 13.0 Å². The molecule has 3 rings (SSSR count). The molecule has 1 aromatic heterocycles. The van der Waals surface area contributed by atoms with Gasteiger partial charge in [-0.05, 0) is 17.5 Å². The van der Waals surface area contributed by atoms with E-state index in [1.165, 1.54) is 11.1 Å². The van der Waals surface area contributed by atoms with Crippen LogP contribution in [0.2, 0.25) is 0 Å². The van der Waals surface area contributed by atoms with Crippen LogP contribution < -0.4 is 5.32 Å². The first-order valence-corrected chi connectivity index (χ1v) is 5.23. The molecule has 0 saturated carbocycles. The number of aromatic amines is 1. The number of benzene rings is 1.